The minimum absolute atomic E-state index is 0.0135. The zero-order chi connectivity index (χ0) is 25.9. The van der Waals surface area contributed by atoms with E-state index < -0.39 is 23.4 Å². The SMILES string of the molecule is CCOC(=O)CNc1oc(-c2ccccc2)c(N2C(=O)C(=O)c3ccccc32)c1C(=O)c1ccccc1. The molecule has 1 aliphatic rings. The number of hydrogen-bond acceptors (Lipinski definition) is 7. The van der Waals surface area contributed by atoms with Crippen molar-refractivity contribution in [2.45, 2.75) is 6.92 Å². The van der Waals surface area contributed by atoms with Gasteiger partial charge in [0.25, 0.3) is 5.78 Å². The molecule has 0 fully saturated rings. The van der Waals surface area contributed by atoms with E-state index in [0.717, 1.165) is 0 Å². The van der Waals surface area contributed by atoms with Crippen LogP contribution in [-0.2, 0) is 14.3 Å². The Hall–Kier alpha value is -4.98. The summed E-state index contributed by atoms with van der Waals surface area (Å²) < 4.78 is 11.2. The summed E-state index contributed by atoms with van der Waals surface area (Å²) in [6, 6.07) is 24.0. The second-order valence-electron chi connectivity index (χ2n) is 8.19. The molecule has 184 valence electrons. The third-order valence-electron chi connectivity index (χ3n) is 5.89. The van der Waals surface area contributed by atoms with E-state index in [4.69, 9.17) is 9.15 Å². The Kier molecular flexibility index (Phi) is 6.38. The van der Waals surface area contributed by atoms with Gasteiger partial charge in [0.1, 0.15) is 17.8 Å². The number of nitrogens with one attached hydrogen (secondary N) is 1. The molecule has 1 aromatic heterocycles. The number of rotatable bonds is 8. The van der Waals surface area contributed by atoms with Crippen LogP contribution in [0.1, 0.15) is 33.2 Å². The molecular weight excluding hydrogens is 472 g/mol. The van der Waals surface area contributed by atoms with E-state index >= 15 is 0 Å². The van der Waals surface area contributed by atoms with E-state index in [1.165, 1.54) is 4.90 Å². The van der Waals surface area contributed by atoms with Crippen LogP contribution in [0.4, 0.5) is 17.3 Å². The topological polar surface area (TPSA) is 106 Å². The van der Waals surface area contributed by atoms with E-state index in [1.807, 2.05) is 6.07 Å². The summed E-state index contributed by atoms with van der Waals surface area (Å²) in [5.74, 6) is -2.30. The van der Waals surface area contributed by atoms with Crippen molar-refractivity contribution in [2.75, 3.05) is 23.4 Å². The molecule has 0 bridgehead atoms. The molecule has 8 heteroatoms. The van der Waals surface area contributed by atoms with Crippen LogP contribution < -0.4 is 10.2 Å². The molecule has 0 saturated carbocycles. The molecule has 4 aromatic rings. The quantitative estimate of drug-likeness (QED) is 0.208. The molecule has 0 saturated heterocycles. The predicted molar refractivity (Wildman–Crippen MR) is 137 cm³/mol. The second kappa shape index (κ2) is 9.94. The van der Waals surface area contributed by atoms with Gasteiger partial charge in [0.15, 0.2) is 5.76 Å². The third-order valence-corrected chi connectivity index (χ3v) is 5.89. The summed E-state index contributed by atoms with van der Waals surface area (Å²) in [7, 11) is 0. The summed E-state index contributed by atoms with van der Waals surface area (Å²) in [4.78, 5) is 53.5. The van der Waals surface area contributed by atoms with Crippen LogP contribution in [0.25, 0.3) is 11.3 Å². The van der Waals surface area contributed by atoms with Crippen LogP contribution in [0.5, 0.6) is 0 Å². The van der Waals surface area contributed by atoms with Crippen LogP contribution in [0.15, 0.2) is 89.3 Å². The van der Waals surface area contributed by atoms with E-state index in [1.54, 1.807) is 85.8 Å². The van der Waals surface area contributed by atoms with Crippen molar-refractivity contribution in [3.8, 4) is 11.3 Å². The molecule has 0 spiro atoms. The van der Waals surface area contributed by atoms with Gasteiger partial charge in [-0.25, -0.2) is 0 Å². The Morgan fingerprint density at radius 3 is 2.24 bits per heavy atom. The number of ketones is 2. The highest BCUT2D eigenvalue weighted by Gasteiger charge is 2.42. The summed E-state index contributed by atoms with van der Waals surface area (Å²) >= 11 is 0. The second-order valence-corrected chi connectivity index (χ2v) is 8.19. The molecule has 0 aliphatic carbocycles. The lowest BCUT2D eigenvalue weighted by molar-refractivity contribution is -0.140. The highest BCUT2D eigenvalue weighted by atomic mass is 16.5. The number of fused-ring (bicyclic) bond motifs is 1. The fourth-order valence-corrected chi connectivity index (χ4v) is 4.26. The fraction of sp³-hybridized carbons (Fsp3) is 0.103. The first kappa shape index (κ1) is 23.7. The fourth-order valence-electron chi connectivity index (χ4n) is 4.26. The standard InChI is InChI=1S/C29H22N2O6/c1-2-36-22(32)17-30-28-23(25(33)18-11-5-3-6-12-18)24(27(37-28)19-13-7-4-8-14-19)31-21-16-10-9-15-20(21)26(34)29(31)35/h3-16,30H,2,17H2,1H3. The van der Waals surface area contributed by atoms with E-state index in [2.05, 4.69) is 5.32 Å². The largest absolute Gasteiger partial charge is 0.465 e. The van der Waals surface area contributed by atoms with Gasteiger partial charge in [-0.3, -0.25) is 24.1 Å². The number of esters is 1. The van der Waals surface area contributed by atoms with Gasteiger partial charge in [-0.15, -0.1) is 0 Å². The Morgan fingerprint density at radius 1 is 0.892 bits per heavy atom. The maximum absolute atomic E-state index is 13.9. The van der Waals surface area contributed by atoms with Crippen LogP contribution in [0.2, 0.25) is 0 Å². The number of furan rings is 1. The molecule has 0 radical (unpaired) electrons. The van der Waals surface area contributed by atoms with Crippen molar-refractivity contribution in [1.82, 2.24) is 0 Å². The van der Waals surface area contributed by atoms with E-state index in [0.29, 0.717) is 16.8 Å². The van der Waals surface area contributed by atoms with Gasteiger partial charge in [0.2, 0.25) is 11.7 Å². The highest BCUT2D eigenvalue weighted by molar-refractivity contribution is 6.54. The van der Waals surface area contributed by atoms with Crippen LogP contribution >= 0.6 is 0 Å². The molecule has 1 amide bonds. The van der Waals surface area contributed by atoms with Gasteiger partial charge in [-0.05, 0) is 19.1 Å². The van der Waals surface area contributed by atoms with Gasteiger partial charge < -0.3 is 14.5 Å². The van der Waals surface area contributed by atoms with Crippen molar-refractivity contribution in [1.29, 1.82) is 0 Å². The average molecular weight is 495 g/mol. The normalized spacial score (nSPS) is 12.4. The van der Waals surface area contributed by atoms with Crippen LogP contribution in [0, 0.1) is 0 Å². The maximum Gasteiger partial charge on any atom is 0.325 e. The number of para-hydroxylation sites is 1. The zero-order valence-electron chi connectivity index (χ0n) is 19.9. The summed E-state index contributed by atoms with van der Waals surface area (Å²) in [6.07, 6.45) is 0. The lowest BCUT2D eigenvalue weighted by Gasteiger charge is -2.18. The van der Waals surface area contributed by atoms with Gasteiger partial charge in [-0.1, -0.05) is 72.8 Å². The highest BCUT2D eigenvalue weighted by Crippen LogP contribution is 2.47. The van der Waals surface area contributed by atoms with Crippen molar-refractivity contribution >= 4 is 40.7 Å². The molecule has 1 aliphatic heterocycles. The first-order chi connectivity index (χ1) is 18.0. The van der Waals surface area contributed by atoms with Gasteiger partial charge in [0.05, 0.1) is 17.9 Å². The molecule has 2 heterocycles. The molecule has 0 unspecified atom stereocenters. The lowest BCUT2D eigenvalue weighted by Crippen LogP contribution is -2.27. The summed E-state index contributed by atoms with van der Waals surface area (Å²) in [5, 5.41) is 2.87. The number of ether oxygens (including phenoxy) is 1. The molecule has 5 rings (SSSR count). The average Bonchev–Trinajstić information content (AvgIpc) is 3.42. The molecule has 8 nitrogen and oxygen atoms in total. The predicted octanol–water partition coefficient (Wildman–Crippen LogP) is 5.01. The lowest BCUT2D eigenvalue weighted by atomic mass is 10.0. The number of Topliss-reactive ketones (excluding diaryl/α,β-unsaturated/α-hetero) is 1. The number of anilines is 3. The number of carbonyl (C=O) groups excluding carboxylic acids is 4. The molecule has 1 N–H and O–H groups in total. The van der Waals surface area contributed by atoms with Crippen molar-refractivity contribution < 1.29 is 28.3 Å². The molecule has 0 atom stereocenters. The molecular formula is C29H22N2O6. The van der Waals surface area contributed by atoms with Crippen molar-refractivity contribution in [2.24, 2.45) is 0 Å². The number of amides is 1. The molecule has 37 heavy (non-hydrogen) atoms. The zero-order valence-corrected chi connectivity index (χ0v) is 19.9. The number of benzene rings is 3. The van der Waals surface area contributed by atoms with Crippen molar-refractivity contribution in [3.05, 3.63) is 102 Å². The minimum atomic E-state index is -0.807. The van der Waals surface area contributed by atoms with Crippen LogP contribution in [0.3, 0.4) is 0 Å². The van der Waals surface area contributed by atoms with Crippen LogP contribution in [-0.4, -0.2) is 36.6 Å². The first-order valence-corrected chi connectivity index (χ1v) is 11.7. The monoisotopic (exact) mass is 494 g/mol. The maximum atomic E-state index is 13.9. The first-order valence-electron chi connectivity index (χ1n) is 11.7. The minimum Gasteiger partial charge on any atom is -0.465 e. The number of nitrogens with zero attached hydrogens (tertiary/aromatic N) is 1. The number of hydrogen-bond donors (Lipinski definition) is 1. The smallest absolute Gasteiger partial charge is 0.325 e. The Balaban J connectivity index is 1.77. The van der Waals surface area contributed by atoms with E-state index in [-0.39, 0.29) is 41.6 Å². The Labute approximate surface area is 212 Å². The Morgan fingerprint density at radius 2 is 1.54 bits per heavy atom. The van der Waals surface area contributed by atoms with Gasteiger partial charge in [0, 0.05) is 11.1 Å². The summed E-state index contributed by atoms with van der Waals surface area (Å²) in [5.41, 5.74) is 1.63. The third kappa shape index (κ3) is 4.29. The number of carbonyl (C=O) groups is 4. The van der Waals surface area contributed by atoms with E-state index in [9.17, 15) is 19.2 Å². The van der Waals surface area contributed by atoms with Gasteiger partial charge in [-0.2, -0.15) is 0 Å². The van der Waals surface area contributed by atoms with Gasteiger partial charge >= 0.3 is 11.9 Å². The summed E-state index contributed by atoms with van der Waals surface area (Å²) in [6.45, 7) is 1.61. The van der Waals surface area contributed by atoms with Crippen molar-refractivity contribution in [3.63, 3.8) is 0 Å². The molecule has 3 aromatic carbocycles. The Bertz CT molecular complexity index is 1510.